The molecule has 0 aliphatic heterocycles. The average molecular weight is 458 g/mol. The molecule has 0 atom stereocenters. The third kappa shape index (κ3) is 7.57. The van der Waals surface area contributed by atoms with Gasteiger partial charge in [-0.15, -0.1) is 0 Å². The molecular formula is C19H26N10O4. The monoisotopic (exact) mass is 458 g/mol. The first-order valence-corrected chi connectivity index (χ1v) is 9.68. The predicted octanol–water partition coefficient (Wildman–Crippen LogP) is 1.41. The second-order valence-electron chi connectivity index (χ2n) is 6.61. The Morgan fingerprint density at radius 2 is 1.18 bits per heavy atom. The van der Waals surface area contributed by atoms with Gasteiger partial charge in [-0.2, -0.15) is 0 Å². The Kier molecular flexibility index (Phi) is 8.78. The van der Waals surface area contributed by atoms with E-state index in [2.05, 4.69) is 32.1 Å². The molecule has 0 spiro atoms. The van der Waals surface area contributed by atoms with E-state index >= 15 is 0 Å². The molecule has 14 heteroatoms. The zero-order valence-corrected chi connectivity index (χ0v) is 18.0. The van der Waals surface area contributed by atoms with Crippen LogP contribution >= 0.6 is 0 Å². The lowest BCUT2D eigenvalue weighted by molar-refractivity contribution is 0.237. The minimum atomic E-state index is -0.728. The molecule has 0 aliphatic rings. The maximum absolute atomic E-state index is 12.2. The molecule has 2 aromatic rings. The van der Waals surface area contributed by atoms with Gasteiger partial charge in [0.2, 0.25) is 0 Å². The molecule has 12 N–H and O–H groups in total. The number of rotatable bonds is 5. The van der Waals surface area contributed by atoms with Gasteiger partial charge in [0.15, 0.2) is 0 Å². The van der Waals surface area contributed by atoms with E-state index in [9.17, 15) is 19.2 Å². The third-order valence-electron chi connectivity index (χ3n) is 4.29. The summed E-state index contributed by atoms with van der Waals surface area (Å²) in [4.78, 5) is 47.1. The molecule has 0 heterocycles. The van der Waals surface area contributed by atoms with Crippen LogP contribution in [0.1, 0.15) is 18.1 Å². The van der Waals surface area contributed by atoms with E-state index in [4.69, 9.17) is 11.7 Å². The second-order valence-corrected chi connectivity index (χ2v) is 6.61. The average Bonchev–Trinajstić information content (AvgIpc) is 2.80. The van der Waals surface area contributed by atoms with Gasteiger partial charge in [0.05, 0.1) is 0 Å². The van der Waals surface area contributed by atoms with Crippen molar-refractivity contribution < 1.29 is 19.2 Å². The van der Waals surface area contributed by atoms with Crippen molar-refractivity contribution in [2.24, 2.45) is 11.7 Å². The van der Waals surface area contributed by atoms with Crippen molar-refractivity contribution in [3.05, 3.63) is 47.5 Å². The number of carbonyl (C=O) groups excluding carboxylic acids is 4. The highest BCUT2D eigenvalue weighted by Gasteiger charge is 2.11. The lowest BCUT2D eigenvalue weighted by Crippen LogP contribution is -2.46. The summed E-state index contributed by atoms with van der Waals surface area (Å²) in [5.74, 6) is 10.1. The van der Waals surface area contributed by atoms with Gasteiger partial charge in [-0.3, -0.25) is 10.9 Å². The summed E-state index contributed by atoms with van der Waals surface area (Å²) in [6.07, 6.45) is 0.610. The van der Waals surface area contributed by atoms with Gasteiger partial charge in [-0.1, -0.05) is 19.1 Å². The van der Waals surface area contributed by atoms with E-state index in [1.807, 2.05) is 17.8 Å². The molecule has 0 saturated carbocycles. The zero-order chi connectivity index (χ0) is 24.4. The zero-order valence-electron chi connectivity index (χ0n) is 18.0. The Hall–Kier alpha value is -4.56. The van der Waals surface area contributed by atoms with Gasteiger partial charge in [-0.05, 0) is 48.7 Å². The quantitative estimate of drug-likeness (QED) is 0.181. The highest BCUT2D eigenvalue weighted by Crippen LogP contribution is 2.22. The molecule has 0 aromatic heterocycles. The number of nitrogens with one attached hydrogen (secondary N) is 8. The van der Waals surface area contributed by atoms with Crippen molar-refractivity contribution >= 4 is 46.9 Å². The molecule has 2 aromatic carbocycles. The predicted molar refractivity (Wildman–Crippen MR) is 124 cm³/mol. The molecule has 0 unspecified atom stereocenters. The minimum absolute atomic E-state index is 0.359. The lowest BCUT2D eigenvalue weighted by Gasteiger charge is -2.14. The molecule has 2 rings (SSSR count). The summed E-state index contributed by atoms with van der Waals surface area (Å²) in [6, 6.07) is 7.07. The summed E-state index contributed by atoms with van der Waals surface area (Å²) in [5, 5.41) is 10.1. The van der Waals surface area contributed by atoms with Crippen LogP contribution in [0.2, 0.25) is 0 Å². The number of hydrazine groups is 3. The van der Waals surface area contributed by atoms with Crippen LogP contribution in [0.3, 0.4) is 0 Å². The summed E-state index contributed by atoms with van der Waals surface area (Å²) in [7, 11) is 0. The second kappa shape index (κ2) is 11.7. The van der Waals surface area contributed by atoms with Crippen LogP contribution in [0.4, 0.5) is 41.9 Å². The van der Waals surface area contributed by atoms with Crippen molar-refractivity contribution in [1.29, 1.82) is 0 Å². The highest BCUT2D eigenvalue weighted by molar-refractivity contribution is 5.96. The van der Waals surface area contributed by atoms with E-state index in [1.165, 1.54) is 6.07 Å². The van der Waals surface area contributed by atoms with E-state index in [-0.39, 0.29) is 0 Å². The number of urea groups is 4. The first kappa shape index (κ1) is 24.7. The normalized spacial score (nSPS) is 9.82. The van der Waals surface area contributed by atoms with Crippen LogP contribution in [0, 0.1) is 6.92 Å². The van der Waals surface area contributed by atoms with Crippen molar-refractivity contribution in [2.75, 3.05) is 21.3 Å². The van der Waals surface area contributed by atoms with E-state index in [0.29, 0.717) is 29.2 Å². The fourth-order valence-corrected chi connectivity index (χ4v) is 2.67. The molecule has 0 fully saturated rings. The van der Waals surface area contributed by atoms with Crippen LogP contribution in [0.25, 0.3) is 0 Å². The summed E-state index contributed by atoms with van der Waals surface area (Å²) in [6.45, 7) is 3.66. The van der Waals surface area contributed by atoms with Gasteiger partial charge in [0.1, 0.15) is 0 Å². The molecule has 0 radical (unpaired) electrons. The maximum atomic E-state index is 12.2. The topological polar surface area (TPSA) is 217 Å². The Bertz CT molecular complexity index is 1040. The minimum Gasteiger partial charge on any atom is -0.307 e. The number of carbonyl (C=O) groups is 4. The van der Waals surface area contributed by atoms with E-state index in [1.54, 1.807) is 37.3 Å². The molecule has 0 aliphatic carbocycles. The summed E-state index contributed by atoms with van der Waals surface area (Å²) in [5.41, 5.74) is 11.5. The largest absolute Gasteiger partial charge is 0.337 e. The van der Waals surface area contributed by atoms with Crippen LogP contribution in [-0.4, -0.2) is 24.1 Å². The van der Waals surface area contributed by atoms with Crippen molar-refractivity contribution in [3.63, 3.8) is 0 Å². The number of hydrogen-bond acceptors (Lipinski definition) is 6. The third-order valence-corrected chi connectivity index (χ3v) is 4.29. The number of benzene rings is 2. The van der Waals surface area contributed by atoms with E-state index in [0.717, 1.165) is 11.1 Å². The molecule has 176 valence electrons. The van der Waals surface area contributed by atoms with Gasteiger partial charge in [0, 0.05) is 22.7 Å². The Balaban J connectivity index is 1.95. The molecule has 33 heavy (non-hydrogen) atoms. The SMILES string of the molecule is CCc1ccc(NC(=O)NN)cc1NC(=O)NNC(=O)Nc1ccc(C)c(NC(=O)NN)c1. The van der Waals surface area contributed by atoms with Crippen molar-refractivity contribution in [2.45, 2.75) is 20.3 Å². The Morgan fingerprint density at radius 3 is 1.79 bits per heavy atom. The standard InChI is InChI=1S/C19H26N10O4/c1-3-11-5-7-13(22-16(30)26-20)9-15(11)25-19(33)29-28-18(32)23-12-6-4-10(2)14(8-12)24-17(31)27-21/h4-9H,3,20-21H2,1-2H3,(H2,22,26,30)(H2,23,28,32)(H2,24,27,31)(H2,25,29,33). The summed E-state index contributed by atoms with van der Waals surface area (Å²) < 4.78 is 0. The Labute approximate surface area is 189 Å². The van der Waals surface area contributed by atoms with Gasteiger partial charge >= 0.3 is 24.1 Å². The van der Waals surface area contributed by atoms with E-state index < -0.39 is 24.1 Å². The highest BCUT2D eigenvalue weighted by atomic mass is 16.2. The molecule has 0 bridgehead atoms. The Morgan fingerprint density at radius 1 is 0.697 bits per heavy atom. The smallest absolute Gasteiger partial charge is 0.307 e. The fourth-order valence-electron chi connectivity index (χ4n) is 2.67. The van der Waals surface area contributed by atoms with Crippen LogP contribution in [0.15, 0.2) is 36.4 Å². The maximum Gasteiger partial charge on any atom is 0.337 e. The van der Waals surface area contributed by atoms with Crippen molar-refractivity contribution in [3.8, 4) is 0 Å². The number of amides is 8. The number of hydrogen-bond donors (Lipinski definition) is 10. The lowest BCUT2D eigenvalue weighted by atomic mass is 10.1. The van der Waals surface area contributed by atoms with Crippen molar-refractivity contribution in [1.82, 2.24) is 21.7 Å². The van der Waals surface area contributed by atoms with Crippen LogP contribution in [-0.2, 0) is 6.42 Å². The van der Waals surface area contributed by atoms with Gasteiger partial charge in [-0.25, -0.2) is 41.7 Å². The molecular weight excluding hydrogens is 432 g/mol. The van der Waals surface area contributed by atoms with Gasteiger partial charge in [0.25, 0.3) is 0 Å². The molecule has 0 saturated heterocycles. The first-order valence-electron chi connectivity index (χ1n) is 9.68. The number of anilines is 4. The summed E-state index contributed by atoms with van der Waals surface area (Å²) >= 11 is 0. The fraction of sp³-hybridized carbons (Fsp3) is 0.158. The van der Waals surface area contributed by atoms with Gasteiger partial charge < -0.3 is 21.3 Å². The first-order chi connectivity index (χ1) is 15.7. The number of nitrogens with two attached hydrogens (primary N) is 2. The molecule has 14 nitrogen and oxygen atoms in total. The number of aryl methyl sites for hydroxylation is 2. The van der Waals surface area contributed by atoms with Crippen LogP contribution in [0.5, 0.6) is 0 Å². The van der Waals surface area contributed by atoms with Crippen LogP contribution < -0.4 is 54.7 Å². The molecule has 8 amide bonds.